The molecule has 0 aliphatic heterocycles. The standard InChI is InChI=1S/C12H10O2.Tl/c1-8-6-7-9-4-2-3-5-10(9)11(8)12(13)14;/h2-7H,1H3,(H,13,14);/q;+1/p-1. The summed E-state index contributed by atoms with van der Waals surface area (Å²) < 4.78 is 0. The maximum atomic E-state index is 10.9. The number of fused-ring (bicyclic) bond motifs is 1. The van der Waals surface area contributed by atoms with E-state index in [0.29, 0.717) is 5.56 Å². The Kier molecular flexibility index (Phi) is 3.85. The molecule has 0 heterocycles. The zero-order valence-corrected chi connectivity index (χ0v) is 12.8. The molecule has 3 heteroatoms. The first-order valence-electron chi connectivity index (χ1n) is 4.40. The van der Waals surface area contributed by atoms with Gasteiger partial charge in [0.05, 0.1) is 5.97 Å². The van der Waals surface area contributed by atoms with Gasteiger partial charge in [0.25, 0.3) is 0 Å². The van der Waals surface area contributed by atoms with E-state index in [9.17, 15) is 9.90 Å². The molecular formula is C12H9O2Tl. The van der Waals surface area contributed by atoms with Crippen LogP contribution >= 0.6 is 0 Å². The molecule has 0 aliphatic carbocycles. The largest absolute Gasteiger partial charge is 1.00 e. The van der Waals surface area contributed by atoms with Crippen LogP contribution in [0.3, 0.4) is 0 Å². The summed E-state index contributed by atoms with van der Waals surface area (Å²) in [6.07, 6.45) is 0. The first kappa shape index (κ1) is 12.2. The van der Waals surface area contributed by atoms with Crippen LogP contribution in [0, 0.1) is 6.92 Å². The zero-order valence-electron chi connectivity index (χ0n) is 8.36. The van der Waals surface area contributed by atoms with Gasteiger partial charge in [0.2, 0.25) is 0 Å². The average molecular weight is 390 g/mol. The number of hydrogen-bond donors (Lipinski definition) is 0. The number of carboxylic acids is 1. The quantitative estimate of drug-likeness (QED) is 0.686. The summed E-state index contributed by atoms with van der Waals surface area (Å²) >= 11 is 0. The van der Waals surface area contributed by atoms with Gasteiger partial charge in [0.15, 0.2) is 0 Å². The topological polar surface area (TPSA) is 40.1 Å². The molecule has 2 nitrogen and oxygen atoms in total. The Morgan fingerprint density at radius 3 is 2.47 bits per heavy atom. The van der Waals surface area contributed by atoms with Gasteiger partial charge in [-0.3, -0.25) is 0 Å². The number of carboxylic acid groups (broad SMARTS) is 1. The van der Waals surface area contributed by atoms with Crippen LogP contribution in [0.5, 0.6) is 0 Å². The predicted molar refractivity (Wildman–Crippen MR) is 58.8 cm³/mol. The molecule has 72 valence electrons. The van der Waals surface area contributed by atoms with Gasteiger partial charge >= 0.3 is 27.3 Å². The molecule has 0 bridgehead atoms. The van der Waals surface area contributed by atoms with E-state index < -0.39 is 5.97 Å². The summed E-state index contributed by atoms with van der Waals surface area (Å²) in [5.74, 6) is -1.11. The van der Waals surface area contributed by atoms with Crippen molar-refractivity contribution in [3.8, 4) is 0 Å². The van der Waals surface area contributed by atoms with Crippen molar-refractivity contribution in [3.05, 3.63) is 47.5 Å². The summed E-state index contributed by atoms with van der Waals surface area (Å²) in [6.45, 7) is 1.78. The van der Waals surface area contributed by atoms with E-state index in [1.165, 1.54) is 0 Å². The molecule has 0 aromatic heterocycles. The fraction of sp³-hybridized carbons (Fsp3) is 0.0833. The van der Waals surface area contributed by atoms with Crippen molar-refractivity contribution < 1.29 is 9.90 Å². The summed E-state index contributed by atoms with van der Waals surface area (Å²) in [4.78, 5) is 10.9. The van der Waals surface area contributed by atoms with Gasteiger partial charge < -0.3 is 9.90 Å². The molecule has 0 aliphatic rings. The third kappa shape index (κ3) is 2.19. The molecule has 2 aromatic carbocycles. The third-order valence-electron chi connectivity index (χ3n) is 2.34. The molecule has 2 aromatic rings. The van der Waals surface area contributed by atoms with E-state index in [1.54, 1.807) is 19.1 Å². The number of rotatable bonds is 1. The first-order valence-corrected chi connectivity index (χ1v) is 4.40. The van der Waals surface area contributed by atoms with E-state index in [4.69, 9.17) is 0 Å². The summed E-state index contributed by atoms with van der Waals surface area (Å²) in [5, 5.41) is 12.6. The Morgan fingerprint density at radius 1 is 1.13 bits per heavy atom. The number of benzene rings is 2. The summed E-state index contributed by atoms with van der Waals surface area (Å²) in [6, 6.07) is 11.1. The Hall–Kier alpha value is -0.908. The van der Waals surface area contributed by atoms with E-state index >= 15 is 0 Å². The fourth-order valence-corrected chi connectivity index (χ4v) is 1.65. The van der Waals surface area contributed by atoms with E-state index in [0.717, 1.165) is 16.3 Å². The molecule has 0 unspecified atom stereocenters. The van der Waals surface area contributed by atoms with Crippen molar-refractivity contribution >= 4 is 44.0 Å². The second-order valence-electron chi connectivity index (χ2n) is 3.27. The molecule has 0 saturated heterocycles. The Bertz CT molecular complexity index is 506. The van der Waals surface area contributed by atoms with Gasteiger partial charge in [-0.25, -0.2) is 0 Å². The molecule has 2 rings (SSSR count). The number of hydrogen-bond acceptors (Lipinski definition) is 2. The van der Waals surface area contributed by atoms with Crippen molar-refractivity contribution in [1.82, 2.24) is 0 Å². The number of aryl methyl sites for hydroxylation is 1. The molecule has 0 atom stereocenters. The molecule has 0 radical (unpaired) electrons. The van der Waals surface area contributed by atoms with E-state index in [2.05, 4.69) is 0 Å². The van der Waals surface area contributed by atoms with E-state index in [-0.39, 0.29) is 27.3 Å². The Morgan fingerprint density at radius 2 is 1.80 bits per heavy atom. The van der Waals surface area contributed by atoms with Gasteiger partial charge in [-0.2, -0.15) is 0 Å². The SMILES string of the molecule is Cc1ccc2ccccc2c1C(=O)[O-].[Tl+]. The maximum absolute atomic E-state index is 10.9. The van der Waals surface area contributed by atoms with Crippen molar-refractivity contribution in [2.24, 2.45) is 0 Å². The van der Waals surface area contributed by atoms with Crippen molar-refractivity contribution in [2.75, 3.05) is 0 Å². The molecule has 0 amide bonds. The smallest absolute Gasteiger partial charge is 0.545 e. The second-order valence-corrected chi connectivity index (χ2v) is 3.27. The van der Waals surface area contributed by atoms with Gasteiger partial charge in [-0.15, -0.1) is 0 Å². The molecule has 0 saturated carbocycles. The molecule has 0 fully saturated rings. The minimum absolute atomic E-state index is 0. The normalized spacial score (nSPS) is 9.67. The number of carbonyl (C=O) groups excluding carboxylic acids is 1. The molecule has 15 heavy (non-hydrogen) atoms. The van der Waals surface area contributed by atoms with Crippen LogP contribution in [-0.4, -0.2) is 33.3 Å². The van der Waals surface area contributed by atoms with Crippen LogP contribution in [0.15, 0.2) is 36.4 Å². The fourth-order valence-electron chi connectivity index (χ4n) is 1.65. The van der Waals surface area contributed by atoms with Crippen LogP contribution in [0.25, 0.3) is 10.8 Å². The number of aromatic carboxylic acids is 1. The molecule has 0 N–H and O–H groups in total. The van der Waals surface area contributed by atoms with E-state index in [1.807, 2.05) is 24.3 Å². The zero-order chi connectivity index (χ0) is 10.1. The van der Waals surface area contributed by atoms with Crippen molar-refractivity contribution in [1.29, 1.82) is 0 Å². The van der Waals surface area contributed by atoms with Crippen LogP contribution < -0.4 is 5.11 Å². The van der Waals surface area contributed by atoms with Gasteiger partial charge in [-0.05, 0) is 23.3 Å². The minimum Gasteiger partial charge on any atom is -0.545 e. The number of carbonyl (C=O) groups is 1. The molecular weight excluding hydrogens is 381 g/mol. The molecule has 0 spiro atoms. The average Bonchev–Trinajstić information content (AvgIpc) is 2.17. The van der Waals surface area contributed by atoms with Crippen LogP contribution in [0.4, 0.5) is 0 Å². The van der Waals surface area contributed by atoms with Gasteiger partial charge in [0, 0.05) is 5.56 Å². The van der Waals surface area contributed by atoms with Crippen molar-refractivity contribution in [3.63, 3.8) is 0 Å². The Labute approximate surface area is 108 Å². The van der Waals surface area contributed by atoms with Crippen LogP contribution in [0.2, 0.25) is 0 Å². The predicted octanol–water partition coefficient (Wildman–Crippen LogP) is 1.13. The second kappa shape index (κ2) is 4.74. The third-order valence-corrected chi connectivity index (χ3v) is 2.34. The van der Waals surface area contributed by atoms with Gasteiger partial charge in [-0.1, -0.05) is 36.4 Å². The minimum atomic E-state index is -1.11. The first-order chi connectivity index (χ1) is 6.70. The van der Waals surface area contributed by atoms with Gasteiger partial charge in [0.1, 0.15) is 0 Å². The summed E-state index contributed by atoms with van der Waals surface area (Å²) in [7, 11) is 0. The summed E-state index contributed by atoms with van der Waals surface area (Å²) in [5.41, 5.74) is 1.03. The van der Waals surface area contributed by atoms with Crippen LogP contribution in [0.1, 0.15) is 15.9 Å². The van der Waals surface area contributed by atoms with Crippen LogP contribution in [-0.2, 0) is 0 Å². The maximum Gasteiger partial charge on any atom is 1.00 e. The van der Waals surface area contributed by atoms with Crippen molar-refractivity contribution in [2.45, 2.75) is 6.92 Å². The monoisotopic (exact) mass is 390 g/mol. The Balaban J connectivity index is 0.00000112.